The molecule has 0 amide bonds. The van der Waals surface area contributed by atoms with Gasteiger partial charge in [-0.2, -0.15) is 0 Å². The van der Waals surface area contributed by atoms with Crippen molar-refractivity contribution in [2.24, 2.45) is 0 Å². The highest BCUT2D eigenvalue weighted by atomic mass is 35.5. The molecule has 2 rings (SSSR count). The maximum absolute atomic E-state index is 12.4. The van der Waals surface area contributed by atoms with E-state index in [9.17, 15) is 8.42 Å². The molecule has 0 aliphatic heterocycles. The molecular formula is C14H14ClNO2S2. The van der Waals surface area contributed by atoms with Crippen LogP contribution in [0.4, 0.5) is 0 Å². The monoisotopic (exact) mass is 327 g/mol. The molecule has 2 aromatic carbocycles. The molecule has 106 valence electrons. The molecule has 0 saturated heterocycles. The molecule has 0 N–H and O–H groups in total. The molecule has 0 fully saturated rings. The predicted octanol–water partition coefficient (Wildman–Crippen LogP) is 3.98. The van der Waals surface area contributed by atoms with Crippen LogP contribution in [-0.2, 0) is 10.0 Å². The van der Waals surface area contributed by atoms with Crippen molar-refractivity contribution >= 4 is 33.6 Å². The van der Waals surface area contributed by atoms with Gasteiger partial charge in [-0.15, -0.1) is 3.71 Å². The Morgan fingerprint density at radius 2 is 1.55 bits per heavy atom. The summed E-state index contributed by atoms with van der Waals surface area (Å²) in [7, 11) is -1.96. The van der Waals surface area contributed by atoms with E-state index in [0.717, 1.165) is 22.4 Å². The topological polar surface area (TPSA) is 37.4 Å². The van der Waals surface area contributed by atoms with Crippen LogP contribution in [0, 0.1) is 6.92 Å². The summed E-state index contributed by atoms with van der Waals surface area (Å²) in [4.78, 5) is 1.10. The van der Waals surface area contributed by atoms with Crippen molar-refractivity contribution in [3.8, 4) is 0 Å². The average Bonchev–Trinajstić information content (AvgIpc) is 2.42. The van der Waals surface area contributed by atoms with E-state index in [0.29, 0.717) is 5.02 Å². The van der Waals surface area contributed by atoms with E-state index in [1.165, 1.54) is 10.8 Å². The van der Waals surface area contributed by atoms with Crippen molar-refractivity contribution < 1.29 is 8.42 Å². The summed E-state index contributed by atoms with van der Waals surface area (Å²) in [6.07, 6.45) is 0. The fraction of sp³-hybridized carbons (Fsp3) is 0.143. The Balaban J connectivity index is 2.21. The molecular weight excluding hydrogens is 314 g/mol. The number of sulfonamides is 1. The first-order valence-corrected chi connectivity index (χ1v) is 8.48. The number of hydrogen-bond acceptors (Lipinski definition) is 3. The summed E-state index contributed by atoms with van der Waals surface area (Å²) in [5, 5.41) is 0.624. The number of nitrogens with zero attached hydrogens (tertiary/aromatic N) is 1. The van der Waals surface area contributed by atoms with Gasteiger partial charge in [0, 0.05) is 17.0 Å². The second kappa shape index (κ2) is 6.18. The van der Waals surface area contributed by atoms with Gasteiger partial charge < -0.3 is 0 Å². The van der Waals surface area contributed by atoms with Gasteiger partial charge in [-0.3, -0.25) is 0 Å². The maximum atomic E-state index is 12.4. The van der Waals surface area contributed by atoms with Crippen LogP contribution >= 0.6 is 23.5 Å². The lowest BCUT2D eigenvalue weighted by molar-refractivity contribution is 0.564. The zero-order chi connectivity index (χ0) is 14.8. The summed E-state index contributed by atoms with van der Waals surface area (Å²) in [6.45, 7) is 1.92. The van der Waals surface area contributed by atoms with Gasteiger partial charge in [0.1, 0.15) is 0 Å². The van der Waals surface area contributed by atoms with E-state index in [2.05, 4.69) is 0 Å². The molecule has 20 heavy (non-hydrogen) atoms. The summed E-state index contributed by atoms with van der Waals surface area (Å²) < 4.78 is 26.0. The van der Waals surface area contributed by atoms with E-state index >= 15 is 0 Å². The van der Waals surface area contributed by atoms with Crippen LogP contribution in [0.2, 0.25) is 5.02 Å². The lowest BCUT2D eigenvalue weighted by atomic mass is 10.2. The highest BCUT2D eigenvalue weighted by Gasteiger charge is 2.21. The zero-order valence-corrected chi connectivity index (χ0v) is 13.5. The third kappa shape index (κ3) is 3.55. The Morgan fingerprint density at radius 3 is 2.10 bits per heavy atom. The maximum Gasteiger partial charge on any atom is 0.252 e. The van der Waals surface area contributed by atoms with E-state index in [1.54, 1.807) is 48.5 Å². The number of rotatable bonds is 4. The molecule has 3 nitrogen and oxygen atoms in total. The van der Waals surface area contributed by atoms with Crippen LogP contribution < -0.4 is 0 Å². The Morgan fingerprint density at radius 1 is 1.00 bits per heavy atom. The van der Waals surface area contributed by atoms with E-state index in [-0.39, 0.29) is 4.90 Å². The van der Waals surface area contributed by atoms with Gasteiger partial charge in [-0.05, 0) is 55.3 Å². The Hall–Kier alpha value is -1.01. The van der Waals surface area contributed by atoms with E-state index in [4.69, 9.17) is 11.6 Å². The van der Waals surface area contributed by atoms with Gasteiger partial charge in [0.25, 0.3) is 10.0 Å². The number of aryl methyl sites for hydroxylation is 1. The quantitative estimate of drug-likeness (QED) is 0.797. The normalized spacial score (nSPS) is 11.8. The summed E-state index contributed by atoms with van der Waals surface area (Å²) in [5.74, 6) is 0. The van der Waals surface area contributed by atoms with Crippen molar-refractivity contribution in [3.05, 3.63) is 59.1 Å². The van der Waals surface area contributed by atoms with Gasteiger partial charge in [-0.25, -0.2) is 8.42 Å². The van der Waals surface area contributed by atoms with Gasteiger partial charge in [0.05, 0.1) is 4.90 Å². The van der Waals surface area contributed by atoms with Crippen LogP contribution in [0.15, 0.2) is 58.3 Å². The van der Waals surface area contributed by atoms with Crippen LogP contribution in [0.5, 0.6) is 0 Å². The van der Waals surface area contributed by atoms with Gasteiger partial charge in [0.2, 0.25) is 0 Å². The lowest BCUT2D eigenvalue weighted by Crippen LogP contribution is -2.20. The molecule has 0 heterocycles. The minimum Gasteiger partial charge on any atom is -0.206 e. The molecule has 0 unspecified atom stereocenters. The summed E-state index contributed by atoms with van der Waals surface area (Å²) >= 11 is 6.95. The molecule has 0 aliphatic rings. The molecule has 0 atom stereocenters. The van der Waals surface area contributed by atoms with E-state index < -0.39 is 10.0 Å². The van der Waals surface area contributed by atoms with Crippen LogP contribution in [0.3, 0.4) is 0 Å². The molecule has 0 bridgehead atoms. The lowest BCUT2D eigenvalue weighted by Gasteiger charge is -2.16. The second-order valence-electron chi connectivity index (χ2n) is 4.27. The molecule has 0 spiro atoms. The van der Waals surface area contributed by atoms with Gasteiger partial charge >= 0.3 is 0 Å². The summed E-state index contributed by atoms with van der Waals surface area (Å²) in [6, 6.07) is 13.8. The average molecular weight is 328 g/mol. The fourth-order valence-corrected chi connectivity index (χ4v) is 3.92. The largest absolute Gasteiger partial charge is 0.252 e. The van der Waals surface area contributed by atoms with E-state index in [1.807, 2.05) is 6.92 Å². The molecule has 0 aliphatic carbocycles. The Labute approximate surface area is 128 Å². The Bertz CT molecular complexity index is 682. The second-order valence-corrected chi connectivity index (χ2v) is 8.11. The first-order chi connectivity index (χ1) is 9.39. The molecule has 0 aromatic heterocycles. The van der Waals surface area contributed by atoms with Crippen molar-refractivity contribution in [1.82, 2.24) is 3.71 Å². The zero-order valence-electron chi connectivity index (χ0n) is 11.1. The van der Waals surface area contributed by atoms with Crippen LogP contribution in [-0.4, -0.2) is 19.2 Å². The molecule has 2 aromatic rings. The van der Waals surface area contributed by atoms with Crippen LogP contribution in [0.25, 0.3) is 0 Å². The van der Waals surface area contributed by atoms with Gasteiger partial charge in [0.15, 0.2) is 0 Å². The molecule has 6 heteroatoms. The van der Waals surface area contributed by atoms with Crippen molar-refractivity contribution in [1.29, 1.82) is 0 Å². The SMILES string of the molecule is Cc1ccc(S(=O)(=O)N(C)Sc2ccc(Cl)cc2)cc1. The number of hydrogen-bond donors (Lipinski definition) is 0. The number of benzene rings is 2. The summed E-state index contributed by atoms with van der Waals surface area (Å²) in [5.41, 5.74) is 1.02. The van der Waals surface area contributed by atoms with Crippen molar-refractivity contribution in [2.75, 3.05) is 7.05 Å². The first-order valence-electron chi connectivity index (χ1n) is 5.89. The standard InChI is InChI=1S/C14H14ClNO2S2/c1-11-3-9-14(10-4-11)20(17,18)16(2)19-13-7-5-12(15)6-8-13/h3-10H,1-2H3. The number of halogens is 1. The van der Waals surface area contributed by atoms with Crippen LogP contribution in [0.1, 0.15) is 5.56 Å². The Kier molecular flexibility index (Phi) is 4.75. The molecule has 0 saturated carbocycles. The smallest absolute Gasteiger partial charge is 0.206 e. The third-order valence-electron chi connectivity index (χ3n) is 2.70. The van der Waals surface area contributed by atoms with Crippen molar-refractivity contribution in [3.63, 3.8) is 0 Å². The highest BCUT2D eigenvalue weighted by molar-refractivity contribution is 8.08. The predicted molar refractivity (Wildman–Crippen MR) is 83.4 cm³/mol. The minimum absolute atomic E-state index is 0.284. The third-order valence-corrected chi connectivity index (χ3v) is 6.05. The fourth-order valence-electron chi connectivity index (χ4n) is 1.55. The highest BCUT2D eigenvalue weighted by Crippen LogP contribution is 2.28. The van der Waals surface area contributed by atoms with Gasteiger partial charge in [-0.1, -0.05) is 29.3 Å². The minimum atomic E-state index is -3.50. The molecule has 0 radical (unpaired) electrons. The van der Waals surface area contributed by atoms with Crippen molar-refractivity contribution in [2.45, 2.75) is 16.7 Å². The first kappa shape index (κ1) is 15.4.